The van der Waals surface area contributed by atoms with Crippen molar-refractivity contribution < 1.29 is 0 Å². The molecule has 0 atom stereocenters. The van der Waals surface area contributed by atoms with Crippen LogP contribution in [0.4, 0.5) is 0 Å². The Morgan fingerprint density at radius 2 is 1.88 bits per heavy atom. The topological polar surface area (TPSA) is 61.4 Å². The molecule has 0 radical (unpaired) electrons. The highest BCUT2D eigenvalue weighted by Crippen LogP contribution is 2.22. The van der Waals surface area contributed by atoms with Crippen molar-refractivity contribution in [2.24, 2.45) is 7.05 Å². The molecule has 1 aromatic carbocycles. The average Bonchev–Trinajstić information content (AvgIpc) is 3.28. The molecule has 0 aliphatic heterocycles. The number of aromatic nitrogens is 6. The number of hydrogen-bond acceptors (Lipinski definition) is 4. The minimum Gasteiger partial charge on any atom is -0.311 e. The zero-order valence-electron chi connectivity index (χ0n) is 14.2. The molecule has 0 unspecified atom stereocenters. The molecule has 0 aliphatic carbocycles. The van der Waals surface area contributed by atoms with Gasteiger partial charge in [-0.2, -0.15) is 5.10 Å². The molecule has 0 spiro atoms. The predicted molar refractivity (Wildman–Crippen MR) is 101 cm³/mol. The Balaban J connectivity index is 1.50. The van der Waals surface area contributed by atoms with Gasteiger partial charge in [-0.1, -0.05) is 12.1 Å². The van der Waals surface area contributed by atoms with Gasteiger partial charge in [-0.25, -0.2) is 9.97 Å². The number of imidazole rings is 1. The molecule has 0 N–H and O–H groups in total. The van der Waals surface area contributed by atoms with Crippen molar-refractivity contribution in [3.05, 3.63) is 73.1 Å². The molecule has 0 fully saturated rings. The molecule has 6 heteroatoms. The van der Waals surface area contributed by atoms with E-state index in [1.165, 1.54) is 5.56 Å². The second kappa shape index (κ2) is 5.77. The Kier molecular flexibility index (Phi) is 3.28. The second-order valence-corrected chi connectivity index (χ2v) is 6.37. The molecule has 0 bridgehead atoms. The maximum atomic E-state index is 4.64. The zero-order chi connectivity index (χ0) is 17.5. The Labute approximate surface area is 149 Å². The molecule has 26 heavy (non-hydrogen) atoms. The summed E-state index contributed by atoms with van der Waals surface area (Å²) < 4.78 is 3.85. The number of rotatable bonds is 3. The summed E-state index contributed by atoms with van der Waals surface area (Å²) in [6.45, 7) is 0.723. The molecule has 5 aromatic rings. The third-order valence-electron chi connectivity index (χ3n) is 4.51. The van der Waals surface area contributed by atoms with Crippen molar-refractivity contribution in [2.45, 2.75) is 6.54 Å². The average molecular weight is 340 g/mol. The van der Waals surface area contributed by atoms with Crippen molar-refractivity contribution in [3.8, 4) is 11.1 Å². The normalized spacial score (nSPS) is 11.4. The molecule has 4 heterocycles. The third-order valence-corrected chi connectivity index (χ3v) is 4.51. The molecule has 0 amide bonds. The Morgan fingerprint density at radius 1 is 0.923 bits per heavy atom. The van der Waals surface area contributed by atoms with E-state index in [1.54, 1.807) is 4.68 Å². The highest BCUT2D eigenvalue weighted by molar-refractivity contribution is 5.79. The Hall–Kier alpha value is -3.54. The maximum Gasteiger partial charge on any atom is 0.160 e. The number of aryl methyl sites for hydroxylation is 1. The van der Waals surface area contributed by atoms with E-state index in [0.29, 0.717) is 0 Å². The predicted octanol–water partition coefficient (Wildman–Crippen LogP) is 3.43. The van der Waals surface area contributed by atoms with Gasteiger partial charge in [0.1, 0.15) is 5.52 Å². The highest BCUT2D eigenvalue weighted by Gasteiger charge is 2.08. The first kappa shape index (κ1) is 14.8. The van der Waals surface area contributed by atoms with Gasteiger partial charge < -0.3 is 4.57 Å². The van der Waals surface area contributed by atoms with Crippen LogP contribution in [0.3, 0.4) is 0 Å². The van der Waals surface area contributed by atoms with Crippen molar-refractivity contribution in [2.75, 3.05) is 0 Å². The lowest BCUT2D eigenvalue weighted by Crippen LogP contribution is -1.99. The Bertz CT molecular complexity index is 1230. The SMILES string of the molecule is Cn1cc(-c2cnc3c(c2)ncn3Cc2ccc3ncccc3c2)cn1. The van der Waals surface area contributed by atoms with E-state index < -0.39 is 0 Å². The van der Waals surface area contributed by atoms with Crippen LogP contribution in [0.1, 0.15) is 5.56 Å². The fourth-order valence-corrected chi connectivity index (χ4v) is 3.21. The van der Waals surface area contributed by atoms with E-state index in [0.717, 1.165) is 39.7 Å². The smallest absolute Gasteiger partial charge is 0.160 e. The number of pyridine rings is 2. The van der Waals surface area contributed by atoms with E-state index in [4.69, 9.17) is 0 Å². The van der Waals surface area contributed by atoms with Crippen LogP contribution >= 0.6 is 0 Å². The number of nitrogens with zero attached hydrogens (tertiary/aromatic N) is 6. The number of hydrogen-bond donors (Lipinski definition) is 0. The molecular weight excluding hydrogens is 324 g/mol. The fraction of sp³-hybridized carbons (Fsp3) is 0.100. The minimum absolute atomic E-state index is 0.723. The summed E-state index contributed by atoms with van der Waals surface area (Å²) >= 11 is 0. The molecule has 126 valence electrons. The van der Waals surface area contributed by atoms with E-state index in [2.05, 4.69) is 54.9 Å². The summed E-state index contributed by atoms with van der Waals surface area (Å²) in [4.78, 5) is 13.5. The number of fused-ring (bicyclic) bond motifs is 2. The molecule has 0 saturated heterocycles. The van der Waals surface area contributed by atoms with E-state index >= 15 is 0 Å². The monoisotopic (exact) mass is 340 g/mol. The van der Waals surface area contributed by atoms with Crippen molar-refractivity contribution in [1.29, 1.82) is 0 Å². The first-order valence-corrected chi connectivity index (χ1v) is 8.40. The second-order valence-electron chi connectivity index (χ2n) is 6.37. The van der Waals surface area contributed by atoms with E-state index in [9.17, 15) is 0 Å². The van der Waals surface area contributed by atoms with Crippen molar-refractivity contribution in [3.63, 3.8) is 0 Å². The van der Waals surface area contributed by atoms with Crippen LogP contribution < -0.4 is 0 Å². The van der Waals surface area contributed by atoms with E-state index in [-0.39, 0.29) is 0 Å². The van der Waals surface area contributed by atoms with Crippen molar-refractivity contribution in [1.82, 2.24) is 29.3 Å². The van der Waals surface area contributed by atoms with Gasteiger partial charge in [-0.15, -0.1) is 0 Å². The van der Waals surface area contributed by atoms with Crippen LogP contribution in [-0.4, -0.2) is 29.3 Å². The van der Waals surface area contributed by atoms with Gasteiger partial charge >= 0.3 is 0 Å². The lowest BCUT2D eigenvalue weighted by molar-refractivity contribution is 0.768. The van der Waals surface area contributed by atoms with E-state index in [1.807, 2.05) is 44.2 Å². The summed E-state index contributed by atoms with van der Waals surface area (Å²) in [6.07, 6.45) is 9.35. The highest BCUT2D eigenvalue weighted by atomic mass is 15.2. The van der Waals surface area contributed by atoms with Gasteiger partial charge in [0, 0.05) is 42.2 Å². The van der Waals surface area contributed by atoms with Crippen LogP contribution in [-0.2, 0) is 13.6 Å². The molecule has 6 nitrogen and oxygen atoms in total. The quantitative estimate of drug-likeness (QED) is 0.505. The third kappa shape index (κ3) is 2.52. The minimum atomic E-state index is 0.723. The van der Waals surface area contributed by atoms with Crippen LogP contribution in [0.2, 0.25) is 0 Å². The van der Waals surface area contributed by atoms with Gasteiger partial charge in [0.05, 0.1) is 24.6 Å². The van der Waals surface area contributed by atoms with Gasteiger partial charge in [-0.05, 0) is 29.8 Å². The van der Waals surface area contributed by atoms with Gasteiger partial charge in [-0.3, -0.25) is 9.67 Å². The number of benzene rings is 1. The summed E-state index contributed by atoms with van der Waals surface area (Å²) in [5.41, 5.74) is 6.03. The summed E-state index contributed by atoms with van der Waals surface area (Å²) in [5.74, 6) is 0. The van der Waals surface area contributed by atoms with Crippen molar-refractivity contribution >= 4 is 22.1 Å². The van der Waals surface area contributed by atoms with Crippen LogP contribution in [0.25, 0.3) is 33.2 Å². The van der Waals surface area contributed by atoms with Gasteiger partial charge in [0.25, 0.3) is 0 Å². The fourth-order valence-electron chi connectivity index (χ4n) is 3.21. The lowest BCUT2D eigenvalue weighted by atomic mass is 10.1. The van der Waals surface area contributed by atoms with Gasteiger partial charge in [0.2, 0.25) is 0 Å². The first-order chi connectivity index (χ1) is 12.8. The largest absolute Gasteiger partial charge is 0.311 e. The summed E-state index contributed by atoms with van der Waals surface area (Å²) in [6, 6.07) is 12.4. The molecule has 0 aliphatic rings. The molecule has 4 aromatic heterocycles. The summed E-state index contributed by atoms with van der Waals surface area (Å²) in [7, 11) is 1.91. The van der Waals surface area contributed by atoms with Crippen LogP contribution in [0.15, 0.2) is 67.5 Å². The molecule has 5 rings (SSSR count). The first-order valence-electron chi connectivity index (χ1n) is 8.40. The zero-order valence-corrected chi connectivity index (χ0v) is 14.2. The molecule has 0 saturated carbocycles. The summed E-state index contributed by atoms with van der Waals surface area (Å²) in [5, 5.41) is 5.36. The standard InChI is InChI=1S/C20H16N6/c1-25-12-17(10-24-25)16-8-19-20(22-9-16)26(13-23-19)11-14-4-5-18-15(7-14)3-2-6-21-18/h2-10,12-13H,11H2,1H3. The van der Waals surface area contributed by atoms with Gasteiger partial charge in [0.15, 0.2) is 5.65 Å². The maximum absolute atomic E-state index is 4.64. The lowest BCUT2D eigenvalue weighted by Gasteiger charge is -2.06. The van der Waals surface area contributed by atoms with Crippen LogP contribution in [0.5, 0.6) is 0 Å². The van der Waals surface area contributed by atoms with Crippen LogP contribution in [0, 0.1) is 0 Å². The Morgan fingerprint density at radius 3 is 2.77 bits per heavy atom. The molecular formula is C20H16N6.